The second-order valence-corrected chi connectivity index (χ2v) is 9.44. The molecule has 0 unspecified atom stereocenters. The summed E-state index contributed by atoms with van der Waals surface area (Å²) in [5.41, 5.74) is 0.323. The van der Waals surface area contributed by atoms with E-state index in [1.165, 1.54) is 18.9 Å². The third-order valence-corrected chi connectivity index (χ3v) is 7.31. The lowest BCUT2D eigenvalue weighted by molar-refractivity contribution is 0.0953. The third-order valence-electron chi connectivity index (χ3n) is 5.47. The third kappa shape index (κ3) is 4.48. The molecule has 1 fully saturated rings. The first kappa shape index (κ1) is 21.9. The van der Waals surface area contributed by atoms with E-state index in [1.54, 1.807) is 30.6 Å². The number of methoxy groups -OCH3 is 2. The quantitative estimate of drug-likeness (QED) is 0.377. The van der Waals surface area contributed by atoms with Crippen molar-refractivity contribution in [2.75, 3.05) is 20.8 Å². The van der Waals surface area contributed by atoms with Gasteiger partial charge in [0.25, 0.3) is 5.56 Å². The van der Waals surface area contributed by atoms with Crippen LogP contribution in [-0.2, 0) is 17.0 Å². The number of ether oxygens (including phenoxy) is 3. The van der Waals surface area contributed by atoms with Crippen molar-refractivity contribution >= 4 is 34.0 Å². The first-order valence-electron chi connectivity index (χ1n) is 10.5. The van der Waals surface area contributed by atoms with Crippen molar-refractivity contribution in [3.63, 3.8) is 0 Å². The van der Waals surface area contributed by atoms with Gasteiger partial charge in [-0.15, -0.1) is 21.5 Å². The van der Waals surface area contributed by atoms with E-state index >= 15 is 0 Å². The van der Waals surface area contributed by atoms with Gasteiger partial charge in [0, 0.05) is 12.7 Å². The monoisotopic (exact) mass is 485 g/mol. The lowest BCUT2D eigenvalue weighted by Gasteiger charge is -2.14. The van der Waals surface area contributed by atoms with Crippen LogP contribution < -0.4 is 15.0 Å². The Labute approximate surface area is 198 Å². The minimum atomic E-state index is -0.225. The SMILES string of the molecule is COc1cc2nc(CSc3nnc(-c4cccs4)n3C[C@H]3CCCO3)[nH]c(=O)c2cc1OC. The minimum Gasteiger partial charge on any atom is -0.493 e. The highest BCUT2D eigenvalue weighted by atomic mass is 32.2. The van der Waals surface area contributed by atoms with E-state index in [4.69, 9.17) is 14.2 Å². The van der Waals surface area contributed by atoms with Gasteiger partial charge in [-0.05, 0) is 30.4 Å². The Morgan fingerprint density at radius 1 is 1.27 bits per heavy atom. The molecule has 0 radical (unpaired) electrons. The maximum atomic E-state index is 12.7. The van der Waals surface area contributed by atoms with Gasteiger partial charge in [-0.2, -0.15) is 0 Å². The zero-order valence-electron chi connectivity index (χ0n) is 18.2. The number of hydrogen-bond donors (Lipinski definition) is 1. The van der Waals surface area contributed by atoms with Gasteiger partial charge in [0.2, 0.25) is 0 Å². The molecule has 5 rings (SSSR count). The van der Waals surface area contributed by atoms with E-state index in [1.807, 2.05) is 17.5 Å². The highest BCUT2D eigenvalue weighted by Crippen LogP contribution is 2.32. The summed E-state index contributed by atoms with van der Waals surface area (Å²) in [7, 11) is 3.09. The van der Waals surface area contributed by atoms with Crippen LogP contribution in [0.2, 0.25) is 0 Å². The number of thiophene rings is 1. The van der Waals surface area contributed by atoms with Gasteiger partial charge < -0.3 is 19.2 Å². The van der Waals surface area contributed by atoms with Crippen molar-refractivity contribution in [1.82, 2.24) is 24.7 Å². The Morgan fingerprint density at radius 3 is 2.85 bits per heavy atom. The van der Waals surface area contributed by atoms with Crippen LogP contribution in [0.4, 0.5) is 0 Å². The van der Waals surface area contributed by atoms with Crippen molar-refractivity contribution in [2.24, 2.45) is 0 Å². The number of H-pyrrole nitrogens is 1. The highest BCUT2D eigenvalue weighted by Gasteiger charge is 2.22. The number of hydrogen-bond acceptors (Lipinski definition) is 9. The number of thioether (sulfide) groups is 1. The summed E-state index contributed by atoms with van der Waals surface area (Å²) in [6, 6.07) is 7.40. The number of nitrogens with one attached hydrogen (secondary N) is 1. The molecule has 1 aliphatic heterocycles. The largest absolute Gasteiger partial charge is 0.493 e. The second kappa shape index (κ2) is 9.54. The zero-order valence-corrected chi connectivity index (χ0v) is 19.9. The van der Waals surface area contributed by atoms with Gasteiger partial charge in [-0.25, -0.2) is 4.98 Å². The summed E-state index contributed by atoms with van der Waals surface area (Å²) in [4.78, 5) is 21.3. The first-order valence-corrected chi connectivity index (χ1v) is 12.4. The lowest BCUT2D eigenvalue weighted by Crippen LogP contribution is -2.16. The molecule has 33 heavy (non-hydrogen) atoms. The summed E-state index contributed by atoms with van der Waals surface area (Å²) in [6.45, 7) is 1.49. The van der Waals surface area contributed by atoms with Crippen LogP contribution in [0.25, 0.3) is 21.6 Å². The molecule has 0 amide bonds. The lowest BCUT2D eigenvalue weighted by atomic mass is 10.2. The van der Waals surface area contributed by atoms with Crippen LogP contribution in [0.15, 0.2) is 39.6 Å². The molecule has 1 saturated heterocycles. The van der Waals surface area contributed by atoms with E-state index < -0.39 is 0 Å². The fraction of sp³-hybridized carbons (Fsp3) is 0.364. The summed E-state index contributed by atoms with van der Waals surface area (Å²) in [6.07, 6.45) is 2.25. The number of nitrogens with zero attached hydrogens (tertiary/aromatic N) is 4. The topological polar surface area (TPSA) is 104 Å². The molecule has 0 bridgehead atoms. The van der Waals surface area contributed by atoms with Crippen LogP contribution in [0.5, 0.6) is 11.5 Å². The predicted molar refractivity (Wildman–Crippen MR) is 127 cm³/mol. The molecule has 0 saturated carbocycles. The van der Waals surface area contributed by atoms with Crippen molar-refractivity contribution in [2.45, 2.75) is 36.4 Å². The van der Waals surface area contributed by atoms with Crippen LogP contribution in [0.1, 0.15) is 18.7 Å². The van der Waals surface area contributed by atoms with E-state index in [0.29, 0.717) is 40.5 Å². The number of rotatable bonds is 8. The Bertz CT molecular complexity index is 1310. The van der Waals surface area contributed by atoms with Crippen LogP contribution in [0.3, 0.4) is 0 Å². The maximum Gasteiger partial charge on any atom is 0.258 e. The molecule has 3 aromatic heterocycles. The Balaban J connectivity index is 1.43. The fourth-order valence-corrected chi connectivity index (χ4v) is 5.39. The molecule has 1 aliphatic rings. The maximum absolute atomic E-state index is 12.7. The van der Waals surface area contributed by atoms with Crippen LogP contribution in [-0.4, -0.2) is 51.7 Å². The molecule has 0 spiro atoms. The molecule has 11 heteroatoms. The average molecular weight is 486 g/mol. The molecule has 172 valence electrons. The van der Waals surface area contributed by atoms with Crippen LogP contribution >= 0.6 is 23.1 Å². The zero-order chi connectivity index (χ0) is 22.8. The molecule has 1 N–H and O–H groups in total. The first-order chi connectivity index (χ1) is 16.2. The number of aromatic amines is 1. The van der Waals surface area contributed by atoms with Crippen molar-refractivity contribution < 1.29 is 14.2 Å². The van der Waals surface area contributed by atoms with Crippen molar-refractivity contribution in [1.29, 1.82) is 0 Å². The molecule has 1 aromatic carbocycles. The van der Waals surface area contributed by atoms with Crippen molar-refractivity contribution in [3.05, 3.63) is 45.8 Å². The van der Waals surface area contributed by atoms with Crippen molar-refractivity contribution in [3.8, 4) is 22.2 Å². The molecule has 0 aliphatic carbocycles. The number of benzene rings is 1. The molecule has 1 atom stereocenters. The molecule has 4 heterocycles. The molecular weight excluding hydrogens is 462 g/mol. The predicted octanol–water partition coefficient (Wildman–Crippen LogP) is 3.73. The van der Waals surface area contributed by atoms with Crippen LogP contribution in [0, 0.1) is 0 Å². The Kier molecular flexibility index (Phi) is 6.34. The summed E-state index contributed by atoms with van der Waals surface area (Å²) >= 11 is 3.12. The van der Waals surface area contributed by atoms with Gasteiger partial charge in [0.1, 0.15) is 5.82 Å². The minimum absolute atomic E-state index is 0.153. The standard InChI is InChI=1S/C22H23N5O4S2/c1-29-16-9-14-15(10-17(16)30-2)23-19(24-21(14)28)12-33-22-26-25-20(18-6-4-8-32-18)27(22)11-13-5-3-7-31-13/h4,6,8-10,13H,3,5,7,11-12H2,1-2H3,(H,23,24,28)/t13-/m1/s1. The van der Waals surface area contributed by atoms with Gasteiger partial charge in [-0.3, -0.25) is 9.36 Å². The van der Waals surface area contributed by atoms with E-state index in [9.17, 15) is 4.79 Å². The second-order valence-electron chi connectivity index (χ2n) is 7.55. The van der Waals surface area contributed by atoms with Gasteiger partial charge in [0.05, 0.1) is 48.4 Å². The molecular formula is C22H23N5O4S2. The van der Waals surface area contributed by atoms with Gasteiger partial charge in [0.15, 0.2) is 22.5 Å². The Morgan fingerprint density at radius 2 is 2.12 bits per heavy atom. The van der Waals surface area contributed by atoms with Gasteiger partial charge >= 0.3 is 0 Å². The summed E-state index contributed by atoms with van der Waals surface area (Å²) < 4.78 is 18.6. The van der Waals surface area contributed by atoms with E-state index in [-0.39, 0.29) is 11.7 Å². The molecule has 9 nitrogen and oxygen atoms in total. The Hall–Kier alpha value is -2.89. The average Bonchev–Trinajstić information content (AvgIpc) is 3.60. The smallest absolute Gasteiger partial charge is 0.258 e. The van der Waals surface area contributed by atoms with E-state index in [2.05, 4.69) is 24.7 Å². The summed E-state index contributed by atoms with van der Waals surface area (Å²) in [5.74, 6) is 2.84. The molecule has 4 aromatic rings. The fourth-order valence-electron chi connectivity index (χ4n) is 3.86. The highest BCUT2D eigenvalue weighted by molar-refractivity contribution is 7.98. The van der Waals surface area contributed by atoms with Gasteiger partial charge in [-0.1, -0.05) is 17.8 Å². The normalized spacial score (nSPS) is 15.9. The number of aromatic nitrogens is 5. The van der Waals surface area contributed by atoms with E-state index in [0.717, 1.165) is 35.3 Å². The number of fused-ring (bicyclic) bond motifs is 1. The summed E-state index contributed by atoms with van der Waals surface area (Å²) in [5, 5.41) is 12.1.